The highest BCUT2D eigenvalue weighted by molar-refractivity contribution is 5.86. The fourth-order valence-electron chi connectivity index (χ4n) is 1.01. The third-order valence-corrected chi connectivity index (χ3v) is 1.84. The second-order valence-electron chi connectivity index (χ2n) is 3.00. The number of aliphatic carboxylic acids is 1. The molecule has 0 aromatic rings. The molecule has 1 aliphatic rings. The van der Waals surface area contributed by atoms with Crippen LogP contribution in [0.5, 0.6) is 0 Å². The monoisotopic (exact) mass is 203 g/mol. The minimum atomic E-state index is -1.07. The average Bonchev–Trinajstić information content (AvgIpc) is 2.19. The van der Waals surface area contributed by atoms with E-state index in [0.717, 1.165) is 0 Å². The first-order chi connectivity index (χ1) is 6.61. The van der Waals surface area contributed by atoms with Gasteiger partial charge in [0.2, 0.25) is 0 Å². The highest BCUT2D eigenvalue weighted by Crippen LogP contribution is 2.00. The first-order valence-corrected chi connectivity index (χ1v) is 4.34. The number of carbonyl (C=O) groups excluding carboxylic acids is 1. The first kappa shape index (κ1) is 10.9. The summed E-state index contributed by atoms with van der Waals surface area (Å²) >= 11 is 0. The Balaban J connectivity index is 2.36. The largest absolute Gasteiger partial charge is 0.480 e. The van der Waals surface area contributed by atoms with Gasteiger partial charge in [-0.3, -0.25) is 9.59 Å². The average molecular weight is 203 g/mol. The molecule has 14 heavy (non-hydrogen) atoms. The SMILES string of the molecule is CC(NC(=O)C1COCCO1)C(=O)O. The molecule has 0 radical (unpaired) electrons. The Morgan fingerprint density at radius 2 is 2.21 bits per heavy atom. The van der Waals surface area contributed by atoms with Gasteiger partial charge in [-0.15, -0.1) is 0 Å². The van der Waals surface area contributed by atoms with Crippen LogP contribution in [0.1, 0.15) is 6.92 Å². The van der Waals surface area contributed by atoms with Gasteiger partial charge in [0.1, 0.15) is 6.04 Å². The van der Waals surface area contributed by atoms with Crippen LogP contribution in [0, 0.1) is 0 Å². The summed E-state index contributed by atoms with van der Waals surface area (Å²) < 4.78 is 10.1. The van der Waals surface area contributed by atoms with Crippen LogP contribution in [0.3, 0.4) is 0 Å². The normalized spacial score (nSPS) is 23.9. The van der Waals surface area contributed by atoms with Gasteiger partial charge in [-0.2, -0.15) is 0 Å². The van der Waals surface area contributed by atoms with E-state index >= 15 is 0 Å². The van der Waals surface area contributed by atoms with Gasteiger partial charge >= 0.3 is 5.97 Å². The molecule has 6 nitrogen and oxygen atoms in total. The number of ether oxygens (including phenoxy) is 2. The van der Waals surface area contributed by atoms with E-state index < -0.39 is 24.0 Å². The standard InChI is InChI=1S/C8H13NO5/c1-5(8(11)12)9-7(10)6-4-13-2-3-14-6/h5-6H,2-4H2,1H3,(H,9,10)(H,11,12). The van der Waals surface area contributed by atoms with E-state index in [-0.39, 0.29) is 6.61 Å². The van der Waals surface area contributed by atoms with Gasteiger partial charge in [-0.05, 0) is 6.92 Å². The first-order valence-electron chi connectivity index (χ1n) is 4.34. The minimum Gasteiger partial charge on any atom is -0.480 e. The van der Waals surface area contributed by atoms with Crippen molar-refractivity contribution in [2.24, 2.45) is 0 Å². The molecule has 0 bridgehead atoms. The lowest BCUT2D eigenvalue weighted by molar-refractivity contribution is -0.151. The van der Waals surface area contributed by atoms with E-state index in [2.05, 4.69) is 5.32 Å². The Morgan fingerprint density at radius 1 is 1.50 bits per heavy atom. The molecule has 2 atom stereocenters. The molecule has 6 heteroatoms. The van der Waals surface area contributed by atoms with Gasteiger partial charge in [0, 0.05) is 0 Å². The zero-order valence-electron chi connectivity index (χ0n) is 7.86. The lowest BCUT2D eigenvalue weighted by Gasteiger charge is -2.22. The number of carboxylic acid groups (broad SMARTS) is 1. The molecule has 1 heterocycles. The predicted molar refractivity (Wildman–Crippen MR) is 45.8 cm³/mol. The Bertz CT molecular complexity index is 224. The molecular weight excluding hydrogens is 190 g/mol. The van der Waals surface area contributed by atoms with Crippen molar-refractivity contribution < 1.29 is 24.2 Å². The third-order valence-electron chi connectivity index (χ3n) is 1.84. The second kappa shape index (κ2) is 4.92. The highest BCUT2D eigenvalue weighted by Gasteiger charge is 2.25. The molecule has 1 saturated heterocycles. The summed E-state index contributed by atoms with van der Waals surface area (Å²) in [4.78, 5) is 21.8. The van der Waals surface area contributed by atoms with Crippen LogP contribution in [-0.4, -0.2) is 48.9 Å². The summed E-state index contributed by atoms with van der Waals surface area (Å²) in [5.74, 6) is -1.52. The van der Waals surface area contributed by atoms with Gasteiger partial charge < -0.3 is 19.9 Å². The zero-order chi connectivity index (χ0) is 10.6. The van der Waals surface area contributed by atoms with Crippen molar-refractivity contribution in [2.75, 3.05) is 19.8 Å². The molecule has 1 aliphatic heterocycles. The maximum atomic E-state index is 11.3. The van der Waals surface area contributed by atoms with Crippen LogP contribution in [0.4, 0.5) is 0 Å². The number of carbonyl (C=O) groups is 2. The molecule has 1 amide bonds. The predicted octanol–water partition coefficient (Wildman–Crippen LogP) is -1.01. The van der Waals surface area contributed by atoms with Crippen LogP contribution < -0.4 is 5.32 Å². The molecular formula is C8H13NO5. The van der Waals surface area contributed by atoms with E-state index in [1.54, 1.807) is 0 Å². The molecule has 0 aromatic carbocycles. The van der Waals surface area contributed by atoms with Gasteiger partial charge in [0.25, 0.3) is 5.91 Å². The highest BCUT2D eigenvalue weighted by atomic mass is 16.6. The summed E-state index contributed by atoms with van der Waals surface area (Å²) in [6.07, 6.45) is -0.689. The van der Waals surface area contributed by atoms with Crippen LogP contribution >= 0.6 is 0 Å². The van der Waals surface area contributed by atoms with Crippen molar-refractivity contribution in [2.45, 2.75) is 19.1 Å². The Labute approximate surface area is 81.2 Å². The maximum Gasteiger partial charge on any atom is 0.325 e. The smallest absolute Gasteiger partial charge is 0.325 e. The van der Waals surface area contributed by atoms with Crippen molar-refractivity contribution in [3.05, 3.63) is 0 Å². The summed E-state index contributed by atoms with van der Waals surface area (Å²) in [5.41, 5.74) is 0. The molecule has 80 valence electrons. The van der Waals surface area contributed by atoms with Gasteiger partial charge in [0.15, 0.2) is 6.10 Å². The Kier molecular flexibility index (Phi) is 3.84. The van der Waals surface area contributed by atoms with Crippen LogP contribution in [0.25, 0.3) is 0 Å². The van der Waals surface area contributed by atoms with Crippen molar-refractivity contribution in [1.82, 2.24) is 5.32 Å². The van der Waals surface area contributed by atoms with Crippen molar-refractivity contribution in [3.63, 3.8) is 0 Å². The van der Waals surface area contributed by atoms with Crippen LogP contribution in [-0.2, 0) is 19.1 Å². The number of hydrogen-bond acceptors (Lipinski definition) is 4. The second-order valence-corrected chi connectivity index (χ2v) is 3.00. The number of hydrogen-bond donors (Lipinski definition) is 2. The topological polar surface area (TPSA) is 84.9 Å². The molecule has 0 spiro atoms. The summed E-state index contributed by atoms with van der Waals surface area (Å²) in [7, 11) is 0. The fraction of sp³-hybridized carbons (Fsp3) is 0.750. The van der Waals surface area contributed by atoms with Crippen molar-refractivity contribution >= 4 is 11.9 Å². The minimum absolute atomic E-state index is 0.179. The third kappa shape index (κ3) is 2.97. The zero-order valence-corrected chi connectivity index (χ0v) is 7.86. The summed E-state index contributed by atoms with van der Waals surface area (Å²) in [6, 6.07) is -0.909. The molecule has 2 unspecified atom stereocenters. The van der Waals surface area contributed by atoms with Crippen LogP contribution in [0.2, 0.25) is 0 Å². The van der Waals surface area contributed by atoms with Crippen molar-refractivity contribution in [1.29, 1.82) is 0 Å². The maximum absolute atomic E-state index is 11.3. The number of rotatable bonds is 3. The lowest BCUT2D eigenvalue weighted by Crippen LogP contribution is -2.48. The lowest BCUT2D eigenvalue weighted by atomic mass is 10.3. The van der Waals surface area contributed by atoms with E-state index in [4.69, 9.17) is 14.6 Å². The number of carboxylic acids is 1. The fourth-order valence-corrected chi connectivity index (χ4v) is 1.01. The molecule has 0 aliphatic carbocycles. The van der Waals surface area contributed by atoms with Gasteiger partial charge in [-0.25, -0.2) is 0 Å². The number of nitrogens with one attached hydrogen (secondary N) is 1. The molecule has 2 N–H and O–H groups in total. The van der Waals surface area contributed by atoms with E-state index in [9.17, 15) is 9.59 Å². The number of amides is 1. The summed E-state index contributed by atoms with van der Waals surface area (Å²) in [5, 5.41) is 10.8. The molecule has 0 saturated carbocycles. The molecule has 1 rings (SSSR count). The van der Waals surface area contributed by atoms with Crippen LogP contribution in [0.15, 0.2) is 0 Å². The van der Waals surface area contributed by atoms with E-state index in [1.165, 1.54) is 6.92 Å². The van der Waals surface area contributed by atoms with Crippen molar-refractivity contribution in [3.8, 4) is 0 Å². The summed E-state index contributed by atoms with van der Waals surface area (Å²) in [6.45, 7) is 2.40. The molecule has 1 fully saturated rings. The van der Waals surface area contributed by atoms with Gasteiger partial charge in [0.05, 0.1) is 19.8 Å². The van der Waals surface area contributed by atoms with E-state index in [1.807, 2.05) is 0 Å². The quantitative estimate of drug-likeness (QED) is 0.614. The van der Waals surface area contributed by atoms with E-state index in [0.29, 0.717) is 13.2 Å². The van der Waals surface area contributed by atoms with Gasteiger partial charge in [-0.1, -0.05) is 0 Å². The Hall–Kier alpha value is -1.14. The molecule has 0 aromatic heterocycles. The Morgan fingerprint density at radius 3 is 2.71 bits per heavy atom.